The van der Waals surface area contributed by atoms with Crippen molar-refractivity contribution in [2.24, 2.45) is 0 Å². The third-order valence-electron chi connectivity index (χ3n) is 10.7. The van der Waals surface area contributed by atoms with Crippen LogP contribution in [0.3, 0.4) is 0 Å². The van der Waals surface area contributed by atoms with Crippen LogP contribution in [-0.4, -0.2) is 19.9 Å². The summed E-state index contributed by atoms with van der Waals surface area (Å²) in [6, 6.07) is 49.7. The molecule has 0 radical (unpaired) electrons. The highest BCUT2D eigenvalue weighted by molar-refractivity contribution is 6.25. The largest absolute Gasteiger partial charge is 0.247 e. The minimum atomic E-state index is -0.315. The highest BCUT2D eigenvalue weighted by atomic mass is 19.1. The first-order chi connectivity index (χ1) is 27.4. The van der Waals surface area contributed by atoms with E-state index in [1.54, 1.807) is 24.3 Å². The fourth-order valence-electron chi connectivity index (χ4n) is 8.10. The van der Waals surface area contributed by atoms with E-state index in [1.165, 1.54) is 24.3 Å². The van der Waals surface area contributed by atoms with Crippen LogP contribution in [0.1, 0.15) is 11.1 Å². The van der Waals surface area contributed by atoms with Gasteiger partial charge < -0.3 is 0 Å². The van der Waals surface area contributed by atoms with Gasteiger partial charge in [0.05, 0.1) is 33.8 Å². The molecule has 0 aliphatic carbocycles. The van der Waals surface area contributed by atoms with Gasteiger partial charge in [0.15, 0.2) is 5.82 Å². The Morgan fingerprint density at radius 1 is 0.357 bits per heavy atom. The minimum absolute atomic E-state index is 0.303. The Labute approximate surface area is 321 Å². The number of aromatic nitrogens is 4. The zero-order valence-electron chi connectivity index (χ0n) is 30.6. The molecule has 10 rings (SSSR count). The van der Waals surface area contributed by atoms with E-state index in [-0.39, 0.29) is 11.6 Å². The maximum atomic E-state index is 14.4. The molecule has 3 aromatic heterocycles. The molecule has 0 aliphatic rings. The second kappa shape index (κ2) is 13.3. The molecule has 0 unspecified atom stereocenters. The molecule has 0 aliphatic heterocycles. The molecule has 0 amide bonds. The lowest BCUT2D eigenvalue weighted by atomic mass is 9.86. The molecule has 0 N–H and O–H groups in total. The average molecular weight is 727 g/mol. The van der Waals surface area contributed by atoms with Crippen LogP contribution >= 0.6 is 0 Å². The Morgan fingerprint density at radius 3 is 1.34 bits per heavy atom. The summed E-state index contributed by atoms with van der Waals surface area (Å²) < 4.78 is 28.7. The summed E-state index contributed by atoms with van der Waals surface area (Å²) >= 11 is 0. The number of fused-ring (bicyclic) bond motifs is 6. The number of hydrogen-bond acceptors (Lipinski definition) is 4. The fourth-order valence-corrected chi connectivity index (χ4v) is 8.10. The number of pyridine rings is 2. The molecular formula is C50H32F2N4. The summed E-state index contributed by atoms with van der Waals surface area (Å²) in [4.78, 5) is 20.8. The van der Waals surface area contributed by atoms with Crippen molar-refractivity contribution in [2.45, 2.75) is 13.8 Å². The zero-order chi connectivity index (χ0) is 37.9. The molecule has 0 saturated carbocycles. The van der Waals surface area contributed by atoms with Gasteiger partial charge in [0, 0.05) is 49.4 Å². The van der Waals surface area contributed by atoms with E-state index in [2.05, 4.69) is 62.4 Å². The quantitative estimate of drug-likeness (QED) is 0.131. The standard InChI is InChI=1S/C50H32F2N4/c1-29-44-38-15-9-10-16-40(38)53-48(33-17-22-36(51)23-18-33)46(44)30(2)45-39-26-21-35(27-43(39)54-49(47(29)45)34-19-24-37(52)25-20-34)50-55-41(31-11-5-3-6-12-31)28-42(56-50)32-13-7-4-8-14-32/h3-28H,1-2H3. The third kappa shape index (κ3) is 5.57. The maximum absolute atomic E-state index is 14.4. The van der Waals surface area contributed by atoms with Crippen LogP contribution in [0.4, 0.5) is 8.78 Å². The van der Waals surface area contributed by atoms with Crippen LogP contribution in [0.25, 0.3) is 99.8 Å². The lowest BCUT2D eigenvalue weighted by molar-refractivity contribution is 0.627. The summed E-state index contributed by atoms with van der Waals surface area (Å²) in [7, 11) is 0. The summed E-state index contributed by atoms with van der Waals surface area (Å²) in [6.45, 7) is 4.27. The Bertz CT molecular complexity index is 3090. The molecule has 0 atom stereocenters. The van der Waals surface area contributed by atoms with Crippen molar-refractivity contribution in [3.63, 3.8) is 0 Å². The van der Waals surface area contributed by atoms with Crippen LogP contribution in [0.5, 0.6) is 0 Å². The number of halogens is 2. The predicted octanol–water partition coefficient (Wildman–Crippen LogP) is 13.1. The number of rotatable bonds is 5. The van der Waals surface area contributed by atoms with Crippen molar-refractivity contribution in [3.8, 4) is 56.4 Å². The van der Waals surface area contributed by atoms with Crippen molar-refractivity contribution in [1.29, 1.82) is 0 Å². The average Bonchev–Trinajstić information content (AvgIpc) is 3.25. The minimum Gasteiger partial charge on any atom is -0.247 e. The van der Waals surface area contributed by atoms with E-state index in [4.69, 9.17) is 19.9 Å². The van der Waals surface area contributed by atoms with Gasteiger partial charge in [-0.1, -0.05) is 91.0 Å². The van der Waals surface area contributed by atoms with Gasteiger partial charge in [-0.15, -0.1) is 0 Å². The number of para-hydroxylation sites is 1. The van der Waals surface area contributed by atoms with Gasteiger partial charge in [0.25, 0.3) is 0 Å². The first kappa shape index (κ1) is 33.4. The second-order valence-electron chi connectivity index (χ2n) is 14.1. The van der Waals surface area contributed by atoms with Crippen molar-refractivity contribution < 1.29 is 8.78 Å². The number of benzene rings is 7. The van der Waals surface area contributed by atoms with Crippen molar-refractivity contribution in [3.05, 3.63) is 180 Å². The molecule has 266 valence electrons. The van der Waals surface area contributed by atoms with Gasteiger partial charge in [-0.05, 0) is 102 Å². The van der Waals surface area contributed by atoms with Gasteiger partial charge in [0.1, 0.15) is 11.6 Å². The molecule has 0 fully saturated rings. The summed E-state index contributed by atoms with van der Waals surface area (Å²) in [5.41, 5.74) is 11.3. The summed E-state index contributed by atoms with van der Waals surface area (Å²) in [5.74, 6) is -0.0358. The second-order valence-corrected chi connectivity index (χ2v) is 14.1. The number of hydrogen-bond donors (Lipinski definition) is 0. The summed E-state index contributed by atoms with van der Waals surface area (Å²) in [6.07, 6.45) is 0. The van der Waals surface area contributed by atoms with E-state index >= 15 is 0 Å². The van der Waals surface area contributed by atoms with Crippen LogP contribution in [0.15, 0.2) is 158 Å². The Balaban J connectivity index is 1.30. The molecule has 56 heavy (non-hydrogen) atoms. The molecule has 0 saturated heterocycles. The number of aryl methyl sites for hydroxylation is 2. The number of nitrogens with zero attached hydrogens (tertiary/aromatic N) is 4. The van der Waals surface area contributed by atoms with E-state index in [9.17, 15) is 8.78 Å². The van der Waals surface area contributed by atoms with Gasteiger partial charge in [-0.2, -0.15) is 0 Å². The third-order valence-corrected chi connectivity index (χ3v) is 10.7. The zero-order valence-corrected chi connectivity index (χ0v) is 30.6. The molecular weight excluding hydrogens is 695 g/mol. The smallest absolute Gasteiger partial charge is 0.160 e. The van der Waals surface area contributed by atoms with Gasteiger partial charge in [-0.3, -0.25) is 0 Å². The Hall–Kier alpha value is -7.18. The van der Waals surface area contributed by atoms with Crippen LogP contribution in [0.2, 0.25) is 0 Å². The van der Waals surface area contributed by atoms with Gasteiger partial charge in [0.2, 0.25) is 0 Å². The molecule has 3 heterocycles. The summed E-state index contributed by atoms with van der Waals surface area (Å²) in [5, 5.41) is 6.03. The molecule has 7 aromatic carbocycles. The molecule has 4 nitrogen and oxygen atoms in total. The Morgan fingerprint density at radius 2 is 0.804 bits per heavy atom. The monoisotopic (exact) mass is 726 g/mol. The van der Waals surface area contributed by atoms with Gasteiger partial charge in [-0.25, -0.2) is 28.7 Å². The van der Waals surface area contributed by atoms with E-state index in [0.717, 1.165) is 105 Å². The lowest BCUT2D eigenvalue weighted by Gasteiger charge is -2.21. The van der Waals surface area contributed by atoms with E-state index in [0.29, 0.717) is 5.82 Å². The van der Waals surface area contributed by atoms with Crippen molar-refractivity contribution >= 4 is 43.4 Å². The highest BCUT2D eigenvalue weighted by Gasteiger charge is 2.23. The lowest BCUT2D eigenvalue weighted by Crippen LogP contribution is -2.00. The first-order valence-electron chi connectivity index (χ1n) is 18.5. The van der Waals surface area contributed by atoms with Crippen LogP contribution in [0, 0.1) is 25.5 Å². The normalized spacial score (nSPS) is 11.6. The van der Waals surface area contributed by atoms with E-state index < -0.39 is 0 Å². The van der Waals surface area contributed by atoms with Crippen molar-refractivity contribution in [2.75, 3.05) is 0 Å². The maximum Gasteiger partial charge on any atom is 0.160 e. The fraction of sp³-hybridized carbons (Fsp3) is 0.0400. The van der Waals surface area contributed by atoms with E-state index in [1.807, 2.05) is 60.7 Å². The van der Waals surface area contributed by atoms with Crippen LogP contribution < -0.4 is 0 Å². The SMILES string of the molecule is Cc1c2c(-c3ccc(F)cc3)nc3cc(-c4nc(-c5ccccc5)cc(-c5ccccc5)n4)ccc3c2c(C)c2c(-c3ccc(F)cc3)nc3ccccc3c12. The van der Waals surface area contributed by atoms with Crippen molar-refractivity contribution in [1.82, 2.24) is 19.9 Å². The predicted molar refractivity (Wildman–Crippen MR) is 224 cm³/mol. The topological polar surface area (TPSA) is 51.6 Å². The Kier molecular flexibility index (Phi) is 7.92. The van der Waals surface area contributed by atoms with Gasteiger partial charge >= 0.3 is 0 Å². The molecule has 0 bridgehead atoms. The molecule has 10 aromatic rings. The molecule has 6 heteroatoms. The molecule has 0 spiro atoms. The van der Waals surface area contributed by atoms with Crippen LogP contribution in [-0.2, 0) is 0 Å². The first-order valence-corrected chi connectivity index (χ1v) is 18.5. The highest BCUT2D eigenvalue weighted by Crippen LogP contribution is 2.46.